The second kappa shape index (κ2) is 7.76. The molecule has 1 aromatic rings. The lowest BCUT2D eigenvalue weighted by Gasteiger charge is -2.07. The molecule has 0 aromatic heterocycles. The average molecular weight is 232 g/mol. The monoisotopic (exact) mass is 232 g/mol. The highest BCUT2D eigenvalue weighted by molar-refractivity contribution is 5.26. The van der Waals surface area contributed by atoms with Gasteiger partial charge in [-0.1, -0.05) is 19.1 Å². The molecule has 0 radical (unpaired) electrons. The minimum Gasteiger partial charge on any atom is -0.497 e. The topological polar surface area (TPSA) is 18.5 Å². The molecule has 0 spiro atoms. The summed E-state index contributed by atoms with van der Waals surface area (Å²) in [4.78, 5) is 0. The third-order valence-corrected chi connectivity index (χ3v) is 2.51. The minimum absolute atomic E-state index is 0.413. The molecule has 0 saturated carbocycles. The van der Waals surface area contributed by atoms with Crippen LogP contribution in [-0.2, 0) is 11.3 Å². The van der Waals surface area contributed by atoms with Gasteiger partial charge in [-0.3, -0.25) is 0 Å². The zero-order valence-corrected chi connectivity index (χ0v) is 10.8. The van der Waals surface area contributed by atoms with Gasteiger partial charge in [0.25, 0.3) is 0 Å². The Bertz CT molecular complexity index is 370. The van der Waals surface area contributed by atoms with Crippen molar-refractivity contribution >= 4 is 0 Å². The maximum Gasteiger partial charge on any atom is 0.118 e. The van der Waals surface area contributed by atoms with Gasteiger partial charge in [-0.2, -0.15) is 0 Å². The SMILES string of the molecule is CC#C[C@H](C)CCOCc1ccc(OC)cc1. The molecule has 0 amide bonds. The van der Waals surface area contributed by atoms with Crippen molar-refractivity contribution in [3.8, 4) is 17.6 Å². The van der Waals surface area contributed by atoms with E-state index in [1.54, 1.807) is 7.11 Å². The molecule has 1 rings (SSSR count). The number of hydrogen-bond donors (Lipinski definition) is 0. The second-order valence-corrected chi connectivity index (χ2v) is 3.98. The lowest BCUT2D eigenvalue weighted by atomic mass is 10.1. The first-order chi connectivity index (χ1) is 8.26. The third-order valence-electron chi connectivity index (χ3n) is 2.51. The number of rotatable bonds is 6. The highest BCUT2D eigenvalue weighted by atomic mass is 16.5. The molecular weight excluding hydrogens is 212 g/mol. The number of hydrogen-bond acceptors (Lipinski definition) is 2. The van der Waals surface area contributed by atoms with Crippen LogP contribution in [-0.4, -0.2) is 13.7 Å². The van der Waals surface area contributed by atoms with Gasteiger partial charge in [0, 0.05) is 12.5 Å². The summed E-state index contributed by atoms with van der Waals surface area (Å²) in [5.41, 5.74) is 1.17. The molecule has 0 bridgehead atoms. The summed E-state index contributed by atoms with van der Waals surface area (Å²) in [6.45, 7) is 5.39. The van der Waals surface area contributed by atoms with Crippen LogP contribution in [0.5, 0.6) is 5.75 Å². The molecule has 2 nitrogen and oxygen atoms in total. The predicted octanol–water partition coefficient (Wildman–Crippen LogP) is 3.26. The van der Waals surface area contributed by atoms with Crippen LogP contribution < -0.4 is 4.74 Å². The molecular formula is C15H20O2. The molecule has 0 aliphatic heterocycles. The molecule has 17 heavy (non-hydrogen) atoms. The molecule has 1 aromatic carbocycles. The van der Waals surface area contributed by atoms with Crippen molar-refractivity contribution < 1.29 is 9.47 Å². The third kappa shape index (κ3) is 5.42. The zero-order chi connectivity index (χ0) is 12.5. The second-order valence-electron chi connectivity index (χ2n) is 3.98. The van der Waals surface area contributed by atoms with Crippen molar-refractivity contribution in [1.29, 1.82) is 0 Å². The van der Waals surface area contributed by atoms with E-state index in [1.807, 2.05) is 31.2 Å². The van der Waals surface area contributed by atoms with E-state index < -0.39 is 0 Å². The largest absolute Gasteiger partial charge is 0.497 e. The zero-order valence-electron chi connectivity index (χ0n) is 10.8. The van der Waals surface area contributed by atoms with Crippen molar-refractivity contribution in [2.24, 2.45) is 5.92 Å². The van der Waals surface area contributed by atoms with Gasteiger partial charge in [0.15, 0.2) is 0 Å². The summed E-state index contributed by atoms with van der Waals surface area (Å²) in [5, 5.41) is 0. The van der Waals surface area contributed by atoms with Gasteiger partial charge in [-0.05, 0) is 31.0 Å². The first-order valence-corrected chi connectivity index (χ1v) is 5.89. The highest BCUT2D eigenvalue weighted by Gasteiger charge is 1.98. The summed E-state index contributed by atoms with van der Waals surface area (Å²) >= 11 is 0. The summed E-state index contributed by atoms with van der Waals surface area (Å²) in [7, 11) is 1.67. The molecule has 1 atom stereocenters. The molecule has 0 fully saturated rings. The number of ether oxygens (including phenoxy) is 2. The summed E-state index contributed by atoms with van der Waals surface area (Å²) in [6.07, 6.45) is 0.983. The smallest absolute Gasteiger partial charge is 0.118 e. The van der Waals surface area contributed by atoms with Crippen molar-refractivity contribution in [3.05, 3.63) is 29.8 Å². The predicted molar refractivity (Wildman–Crippen MR) is 69.9 cm³/mol. The fraction of sp³-hybridized carbons (Fsp3) is 0.467. The summed E-state index contributed by atoms with van der Waals surface area (Å²) < 4.78 is 10.7. The highest BCUT2D eigenvalue weighted by Crippen LogP contribution is 2.12. The molecule has 2 heteroatoms. The molecule has 0 unspecified atom stereocenters. The van der Waals surface area contributed by atoms with Crippen LogP contribution >= 0.6 is 0 Å². The maximum absolute atomic E-state index is 5.60. The van der Waals surface area contributed by atoms with Crippen molar-refractivity contribution in [1.82, 2.24) is 0 Å². The summed E-state index contributed by atoms with van der Waals surface area (Å²) in [5.74, 6) is 7.32. The quantitative estimate of drug-likeness (QED) is 0.553. The fourth-order valence-corrected chi connectivity index (χ4v) is 1.49. The Balaban J connectivity index is 2.23. The van der Waals surface area contributed by atoms with Gasteiger partial charge in [0.1, 0.15) is 5.75 Å². The van der Waals surface area contributed by atoms with E-state index in [0.29, 0.717) is 12.5 Å². The Kier molecular flexibility index (Phi) is 6.21. The van der Waals surface area contributed by atoms with Crippen molar-refractivity contribution in [2.45, 2.75) is 26.9 Å². The van der Waals surface area contributed by atoms with Crippen molar-refractivity contribution in [2.75, 3.05) is 13.7 Å². The Morgan fingerprint density at radius 2 is 1.94 bits per heavy atom. The number of benzene rings is 1. The van der Waals surface area contributed by atoms with Gasteiger partial charge in [0.05, 0.1) is 13.7 Å². The molecule has 0 aliphatic rings. The molecule has 0 saturated heterocycles. The Labute approximate surface area is 104 Å². The van der Waals surface area contributed by atoms with Gasteiger partial charge in [-0.15, -0.1) is 11.8 Å². The van der Waals surface area contributed by atoms with E-state index in [9.17, 15) is 0 Å². The van der Waals surface area contributed by atoms with E-state index in [4.69, 9.17) is 9.47 Å². The van der Waals surface area contributed by atoms with Gasteiger partial charge >= 0.3 is 0 Å². The first-order valence-electron chi connectivity index (χ1n) is 5.89. The summed E-state index contributed by atoms with van der Waals surface area (Å²) in [6, 6.07) is 7.94. The van der Waals surface area contributed by atoms with Crippen LogP contribution in [0.15, 0.2) is 24.3 Å². The molecule has 92 valence electrons. The Morgan fingerprint density at radius 1 is 1.24 bits per heavy atom. The minimum atomic E-state index is 0.413. The van der Waals surface area contributed by atoms with Crippen molar-refractivity contribution in [3.63, 3.8) is 0 Å². The normalized spacial score (nSPS) is 11.5. The molecule has 0 N–H and O–H groups in total. The molecule has 0 heterocycles. The fourth-order valence-electron chi connectivity index (χ4n) is 1.49. The van der Waals surface area contributed by atoms with Gasteiger partial charge in [-0.25, -0.2) is 0 Å². The first kappa shape index (κ1) is 13.6. The van der Waals surface area contributed by atoms with Crippen LogP contribution in [0.2, 0.25) is 0 Å². The van der Waals surface area contributed by atoms with E-state index >= 15 is 0 Å². The van der Waals surface area contributed by atoms with Crippen LogP contribution in [0, 0.1) is 17.8 Å². The standard InChI is InChI=1S/C15H20O2/c1-4-5-13(2)10-11-17-12-14-6-8-15(16-3)9-7-14/h6-9,13H,10-12H2,1-3H3/t13-/m0/s1. The lowest BCUT2D eigenvalue weighted by Crippen LogP contribution is -2.00. The van der Waals surface area contributed by atoms with E-state index in [1.165, 1.54) is 5.56 Å². The maximum atomic E-state index is 5.60. The van der Waals surface area contributed by atoms with E-state index in [-0.39, 0.29) is 0 Å². The van der Waals surface area contributed by atoms with Gasteiger partial charge < -0.3 is 9.47 Å². The Hall–Kier alpha value is -1.46. The van der Waals surface area contributed by atoms with Crippen LogP contribution in [0.25, 0.3) is 0 Å². The Morgan fingerprint density at radius 3 is 2.53 bits per heavy atom. The van der Waals surface area contributed by atoms with Crippen LogP contribution in [0.4, 0.5) is 0 Å². The number of methoxy groups -OCH3 is 1. The molecule has 0 aliphatic carbocycles. The average Bonchev–Trinajstić information content (AvgIpc) is 2.36. The van der Waals surface area contributed by atoms with Gasteiger partial charge in [0.2, 0.25) is 0 Å². The lowest BCUT2D eigenvalue weighted by molar-refractivity contribution is 0.113. The van der Waals surface area contributed by atoms with E-state index in [0.717, 1.165) is 18.8 Å². The van der Waals surface area contributed by atoms with E-state index in [2.05, 4.69) is 18.8 Å². The van der Waals surface area contributed by atoms with Crippen LogP contribution in [0.3, 0.4) is 0 Å². The van der Waals surface area contributed by atoms with Crippen LogP contribution in [0.1, 0.15) is 25.8 Å².